The third kappa shape index (κ3) is 0.812. The Bertz CT molecular complexity index is 246. The Labute approximate surface area is 66.8 Å². The summed E-state index contributed by atoms with van der Waals surface area (Å²) in [6.45, 7) is 2.15. The first-order chi connectivity index (χ1) is 5.36. The van der Waals surface area contributed by atoms with Gasteiger partial charge < -0.3 is 0 Å². The van der Waals surface area contributed by atoms with Gasteiger partial charge in [0.25, 0.3) is 0 Å². The smallest absolute Gasteiger partial charge is 0.124 e. The Kier molecular flexibility index (Phi) is 1.47. The van der Waals surface area contributed by atoms with Crippen molar-refractivity contribution in [2.75, 3.05) is 0 Å². The number of fused-ring (bicyclic) bond motifs is 2. The number of allylic oxidation sites excluding steroid dienone is 3. The van der Waals surface area contributed by atoms with Crippen molar-refractivity contribution in [3.8, 4) is 0 Å². The summed E-state index contributed by atoms with van der Waals surface area (Å²) in [5.41, 5.74) is 1.03. The van der Waals surface area contributed by atoms with Gasteiger partial charge in [-0.3, -0.25) is 0 Å². The lowest BCUT2D eigenvalue weighted by Gasteiger charge is -2.15. The summed E-state index contributed by atoms with van der Waals surface area (Å²) in [6, 6.07) is 0. The van der Waals surface area contributed by atoms with Crippen LogP contribution in [0.2, 0.25) is 0 Å². The second-order valence-corrected chi connectivity index (χ2v) is 3.46. The maximum Gasteiger partial charge on any atom is 0.124 e. The molecule has 0 spiro atoms. The van der Waals surface area contributed by atoms with Gasteiger partial charge in [-0.15, -0.1) is 0 Å². The Morgan fingerprint density at radius 3 is 3.00 bits per heavy atom. The standard InChI is InChI=1S/C10H12O/c1-2-9-7-3-4-8(5-7)10(9)6-11/h3-4,7-9H,2,5H2,1H3. The molecule has 58 valence electrons. The third-order valence-electron chi connectivity index (χ3n) is 2.99. The fraction of sp³-hybridized carbons (Fsp3) is 0.600. The fourth-order valence-corrected chi connectivity index (χ4v) is 2.44. The molecule has 2 aliphatic carbocycles. The van der Waals surface area contributed by atoms with Gasteiger partial charge in [0.1, 0.15) is 5.94 Å². The molecule has 0 aromatic rings. The zero-order valence-electron chi connectivity index (χ0n) is 6.71. The van der Waals surface area contributed by atoms with Gasteiger partial charge in [0.2, 0.25) is 0 Å². The van der Waals surface area contributed by atoms with Gasteiger partial charge in [0, 0.05) is 11.5 Å². The van der Waals surface area contributed by atoms with E-state index in [0.717, 1.165) is 12.0 Å². The molecule has 2 aliphatic rings. The molecule has 11 heavy (non-hydrogen) atoms. The van der Waals surface area contributed by atoms with Crippen molar-refractivity contribution in [2.45, 2.75) is 19.8 Å². The molecule has 0 aromatic carbocycles. The highest BCUT2D eigenvalue weighted by atomic mass is 16.1. The van der Waals surface area contributed by atoms with Crippen LogP contribution >= 0.6 is 0 Å². The zero-order valence-corrected chi connectivity index (χ0v) is 6.71. The minimum Gasteiger partial charge on any atom is -0.234 e. The highest BCUT2D eigenvalue weighted by Gasteiger charge is 2.39. The zero-order chi connectivity index (χ0) is 7.84. The summed E-state index contributed by atoms with van der Waals surface area (Å²) in [4.78, 5) is 10.6. The topological polar surface area (TPSA) is 17.1 Å². The number of hydrogen-bond donors (Lipinski definition) is 0. The van der Waals surface area contributed by atoms with Gasteiger partial charge >= 0.3 is 0 Å². The third-order valence-corrected chi connectivity index (χ3v) is 2.99. The molecule has 0 heterocycles. The van der Waals surface area contributed by atoms with Crippen molar-refractivity contribution in [2.24, 2.45) is 17.8 Å². The van der Waals surface area contributed by atoms with Crippen molar-refractivity contribution in [3.63, 3.8) is 0 Å². The molecule has 1 heteroatoms. The average Bonchev–Trinajstić information content (AvgIpc) is 2.60. The van der Waals surface area contributed by atoms with Gasteiger partial charge in [0.05, 0.1) is 0 Å². The quantitative estimate of drug-likeness (QED) is 0.410. The average molecular weight is 148 g/mol. The van der Waals surface area contributed by atoms with Crippen LogP contribution in [0, 0.1) is 17.8 Å². The van der Waals surface area contributed by atoms with E-state index in [4.69, 9.17) is 0 Å². The molecule has 0 saturated heterocycles. The van der Waals surface area contributed by atoms with Crippen molar-refractivity contribution in [3.05, 3.63) is 17.7 Å². The first-order valence-electron chi connectivity index (χ1n) is 4.30. The fourth-order valence-electron chi connectivity index (χ4n) is 2.44. The van der Waals surface area contributed by atoms with Crippen LogP contribution < -0.4 is 0 Å². The molecular formula is C10H12O. The van der Waals surface area contributed by atoms with E-state index < -0.39 is 0 Å². The van der Waals surface area contributed by atoms with Crippen molar-refractivity contribution >= 4 is 5.94 Å². The van der Waals surface area contributed by atoms with E-state index >= 15 is 0 Å². The van der Waals surface area contributed by atoms with Gasteiger partial charge in [-0.05, 0) is 24.7 Å². The summed E-state index contributed by atoms with van der Waals surface area (Å²) in [6.07, 6.45) is 6.69. The van der Waals surface area contributed by atoms with Crippen molar-refractivity contribution in [1.29, 1.82) is 0 Å². The minimum atomic E-state index is 0.447. The highest BCUT2D eigenvalue weighted by molar-refractivity contribution is 5.58. The van der Waals surface area contributed by atoms with E-state index in [0.29, 0.717) is 17.8 Å². The molecule has 1 nitrogen and oxygen atoms in total. The largest absolute Gasteiger partial charge is 0.234 e. The molecule has 2 rings (SSSR count). The molecule has 3 atom stereocenters. The van der Waals surface area contributed by atoms with Crippen LogP contribution in [0.1, 0.15) is 19.8 Å². The molecule has 2 bridgehead atoms. The minimum absolute atomic E-state index is 0.447. The predicted octanol–water partition coefficient (Wildman–Crippen LogP) is 1.98. The van der Waals surface area contributed by atoms with Crippen molar-refractivity contribution < 1.29 is 4.79 Å². The molecule has 0 radical (unpaired) electrons. The molecule has 0 N–H and O–H groups in total. The molecular weight excluding hydrogens is 136 g/mol. The maximum absolute atomic E-state index is 10.6. The number of carbonyl (C=O) groups excluding carboxylic acids is 1. The van der Waals surface area contributed by atoms with Crippen LogP contribution in [0.25, 0.3) is 0 Å². The second-order valence-electron chi connectivity index (χ2n) is 3.46. The summed E-state index contributed by atoms with van der Waals surface area (Å²) < 4.78 is 0. The van der Waals surface area contributed by atoms with Gasteiger partial charge in [0.15, 0.2) is 0 Å². The first kappa shape index (κ1) is 6.87. The van der Waals surface area contributed by atoms with Crippen LogP contribution in [-0.4, -0.2) is 5.94 Å². The van der Waals surface area contributed by atoms with Crippen LogP contribution in [0.3, 0.4) is 0 Å². The Hall–Kier alpha value is -0.810. The van der Waals surface area contributed by atoms with Crippen molar-refractivity contribution in [1.82, 2.24) is 0 Å². The Balaban J connectivity index is 2.36. The molecule has 1 saturated carbocycles. The Morgan fingerprint density at radius 2 is 2.45 bits per heavy atom. The van der Waals surface area contributed by atoms with E-state index in [1.165, 1.54) is 6.42 Å². The summed E-state index contributed by atoms with van der Waals surface area (Å²) in [5.74, 6) is 3.73. The van der Waals surface area contributed by atoms with Gasteiger partial charge in [-0.2, -0.15) is 0 Å². The summed E-state index contributed by atoms with van der Waals surface area (Å²) >= 11 is 0. The monoisotopic (exact) mass is 148 g/mol. The lowest BCUT2D eigenvalue weighted by molar-refractivity contribution is 0.494. The van der Waals surface area contributed by atoms with E-state index in [2.05, 4.69) is 25.0 Å². The maximum atomic E-state index is 10.6. The van der Waals surface area contributed by atoms with E-state index in [9.17, 15) is 4.79 Å². The lowest BCUT2D eigenvalue weighted by atomic mass is 9.88. The molecule has 0 aromatic heterocycles. The van der Waals surface area contributed by atoms with E-state index in [1.807, 2.05) is 0 Å². The normalized spacial score (nSPS) is 39.7. The van der Waals surface area contributed by atoms with Crippen LogP contribution in [0.4, 0.5) is 0 Å². The molecule has 0 aliphatic heterocycles. The van der Waals surface area contributed by atoms with Gasteiger partial charge in [-0.25, -0.2) is 4.79 Å². The van der Waals surface area contributed by atoms with Gasteiger partial charge in [-0.1, -0.05) is 19.1 Å². The Morgan fingerprint density at radius 1 is 1.64 bits per heavy atom. The highest BCUT2D eigenvalue weighted by Crippen LogP contribution is 2.47. The van der Waals surface area contributed by atoms with Crippen LogP contribution in [0.5, 0.6) is 0 Å². The number of rotatable bonds is 1. The summed E-state index contributed by atoms with van der Waals surface area (Å²) in [7, 11) is 0. The van der Waals surface area contributed by atoms with Crippen LogP contribution in [-0.2, 0) is 4.79 Å². The molecule has 3 unspecified atom stereocenters. The molecule has 0 amide bonds. The van der Waals surface area contributed by atoms with E-state index in [-0.39, 0.29) is 0 Å². The van der Waals surface area contributed by atoms with E-state index in [1.54, 1.807) is 0 Å². The first-order valence-corrected chi connectivity index (χ1v) is 4.30. The summed E-state index contributed by atoms with van der Waals surface area (Å²) in [5, 5.41) is 0. The SMILES string of the molecule is CCC1C(=C=O)C2C=CC1C2. The van der Waals surface area contributed by atoms with Crippen LogP contribution in [0.15, 0.2) is 17.7 Å². The predicted molar refractivity (Wildman–Crippen MR) is 43.7 cm³/mol. The number of hydrogen-bond acceptors (Lipinski definition) is 1. The molecule has 1 fully saturated rings. The lowest BCUT2D eigenvalue weighted by Crippen LogP contribution is -2.09. The second kappa shape index (κ2) is 2.35.